The summed E-state index contributed by atoms with van der Waals surface area (Å²) in [5.74, 6) is -3.65. The lowest BCUT2D eigenvalue weighted by molar-refractivity contribution is -0.159. The largest absolute Gasteiger partial charge is 0.473 e. The first kappa shape index (κ1) is 15.6. The van der Waals surface area contributed by atoms with E-state index in [1.165, 1.54) is 7.11 Å². The Morgan fingerprint density at radius 2 is 2.11 bits per heavy atom. The number of carbonyl (C=O) groups is 2. The standard InChI is InChI=1S/C8H11N3O.C2H2O4/c1-12-11-8(5-9)7-3-2-4-10-6-7;3-1(4)2(5)6/h3,10H,2,4,6H2,1H3;(H,3,4)(H,5,6)/b11-8-;. The van der Waals surface area contributed by atoms with Gasteiger partial charge in [0, 0.05) is 12.1 Å². The van der Waals surface area contributed by atoms with Crippen LogP contribution in [0.25, 0.3) is 0 Å². The predicted octanol–water partition coefficient (Wildman–Crippen LogP) is -0.412. The first-order chi connectivity index (χ1) is 8.52. The van der Waals surface area contributed by atoms with Crippen molar-refractivity contribution in [1.29, 1.82) is 5.26 Å². The number of nitrogens with zero attached hydrogens (tertiary/aromatic N) is 2. The number of aliphatic carboxylic acids is 2. The molecule has 0 aromatic heterocycles. The van der Waals surface area contributed by atoms with Crippen LogP contribution in [-0.2, 0) is 14.4 Å². The Morgan fingerprint density at radius 3 is 2.44 bits per heavy atom. The Kier molecular flexibility index (Phi) is 7.56. The molecule has 1 aliphatic heterocycles. The summed E-state index contributed by atoms with van der Waals surface area (Å²) in [5.41, 5.74) is 1.29. The van der Waals surface area contributed by atoms with Crippen LogP contribution in [0.15, 0.2) is 16.8 Å². The normalized spacial score (nSPS) is 14.4. The topological polar surface area (TPSA) is 132 Å². The Balaban J connectivity index is 0.000000411. The number of nitrogens with one attached hydrogen (secondary N) is 1. The fraction of sp³-hybridized carbons (Fsp3) is 0.400. The van der Waals surface area contributed by atoms with Gasteiger partial charge in [-0.1, -0.05) is 11.2 Å². The molecule has 0 fully saturated rings. The molecule has 0 unspecified atom stereocenters. The first-order valence-corrected chi connectivity index (χ1v) is 4.90. The summed E-state index contributed by atoms with van der Waals surface area (Å²) in [6.07, 6.45) is 2.96. The van der Waals surface area contributed by atoms with Crippen molar-refractivity contribution in [2.45, 2.75) is 6.42 Å². The summed E-state index contributed by atoms with van der Waals surface area (Å²) in [7, 11) is 1.44. The molecule has 8 heteroatoms. The molecule has 0 amide bonds. The summed E-state index contributed by atoms with van der Waals surface area (Å²) in [6.45, 7) is 1.67. The van der Waals surface area contributed by atoms with Gasteiger partial charge in [-0.15, -0.1) is 0 Å². The SMILES string of the molecule is CO/N=C(/C#N)C1=CCCNC1.O=C(O)C(=O)O. The number of hydrogen-bond acceptors (Lipinski definition) is 6. The Bertz CT molecular complexity index is 396. The monoisotopic (exact) mass is 255 g/mol. The van der Waals surface area contributed by atoms with Gasteiger partial charge in [0.25, 0.3) is 0 Å². The van der Waals surface area contributed by atoms with Gasteiger partial charge in [0.15, 0.2) is 5.71 Å². The minimum Gasteiger partial charge on any atom is -0.473 e. The van der Waals surface area contributed by atoms with Crippen molar-refractivity contribution in [1.82, 2.24) is 5.32 Å². The molecule has 1 aliphatic rings. The number of oxime groups is 1. The van der Waals surface area contributed by atoms with Crippen LogP contribution in [0.4, 0.5) is 0 Å². The molecule has 1 heterocycles. The number of carboxylic acid groups (broad SMARTS) is 2. The second kappa shape index (κ2) is 8.72. The number of nitriles is 1. The molecule has 1 rings (SSSR count). The third-order valence-corrected chi connectivity index (χ3v) is 1.80. The number of hydrogen-bond donors (Lipinski definition) is 3. The van der Waals surface area contributed by atoms with E-state index in [1.54, 1.807) is 0 Å². The Morgan fingerprint density at radius 1 is 1.50 bits per heavy atom. The number of carboxylic acids is 2. The average Bonchev–Trinajstić information content (AvgIpc) is 2.37. The van der Waals surface area contributed by atoms with Crippen molar-refractivity contribution in [3.63, 3.8) is 0 Å². The van der Waals surface area contributed by atoms with Gasteiger partial charge in [-0.3, -0.25) is 0 Å². The quantitative estimate of drug-likeness (QED) is 0.347. The van der Waals surface area contributed by atoms with E-state index in [4.69, 9.17) is 25.1 Å². The average molecular weight is 255 g/mol. The fourth-order valence-corrected chi connectivity index (χ4v) is 1.07. The second-order valence-corrected chi connectivity index (χ2v) is 3.04. The van der Waals surface area contributed by atoms with E-state index in [0.29, 0.717) is 12.3 Å². The molecule has 0 saturated carbocycles. The first-order valence-electron chi connectivity index (χ1n) is 4.90. The molecule has 0 radical (unpaired) electrons. The van der Waals surface area contributed by atoms with Gasteiger partial charge >= 0.3 is 11.9 Å². The minimum atomic E-state index is -1.82. The van der Waals surface area contributed by atoms with Crippen LogP contribution in [0.2, 0.25) is 0 Å². The van der Waals surface area contributed by atoms with Crippen molar-refractivity contribution < 1.29 is 24.6 Å². The van der Waals surface area contributed by atoms with Crippen molar-refractivity contribution in [3.8, 4) is 6.07 Å². The maximum absolute atomic E-state index is 9.10. The molecule has 0 spiro atoms. The van der Waals surface area contributed by atoms with Gasteiger partial charge in [0.1, 0.15) is 13.2 Å². The molecule has 0 bridgehead atoms. The lowest BCUT2D eigenvalue weighted by Crippen LogP contribution is -2.25. The zero-order chi connectivity index (χ0) is 14.0. The summed E-state index contributed by atoms with van der Waals surface area (Å²) < 4.78 is 0. The summed E-state index contributed by atoms with van der Waals surface area (Å²) in [5, 5.41) is 30.2. The van der Waals surface area contributed by atoms with E-state index in [1.807, 2.05) is 12.1 Å². The lowest BCUT2D eigenvalue weighted by Gasteiger charge is -2.11. The Labute approximate surface area is 103 Å². The molecular formula is C10H13N3O5. The molecular weight excluding hydrogens is 242 g/mol. The van der Waals surface area contributed by atoms with Crippen molar-refractivity contribution in [2.24, 2.45) is 5.16 Å². The molecule has 98 valence electrons. The van der Waals surface area contributed by atoms with E-state index >= 15 is 0 Å². The van der Waals surface area contributed by atoms with Crippen LogP contribution in [0.3, 0.4) is 0 Å². The molecule has 3 N–H and O–H groups in total. The van der Waals surface area contributed by atoms with E-state index in [2.05, 4.69) is 15.3 Å². The maximum Gasteiger partial charge on any atom is 0.414 e. The second-order valence-electron chi connectivity index (χ2n) is 3.04. The third kappa shape index (κ3) is 6.24. The highest BCUT2D eigenvalue weighted by Gasteiger charge is 2.09. The van der Waals surface area contributed by atoms with Crippen molar-refractivity contribution >= 4 is 17.7 Å². The summed E-state index contributed by atoms with van der Waals surface area (Å²) in [4.78, 5) is 22.7. The van der Waals surface area contributed by atoms with Crippen molar-refractivity contribution in [3.05, 3.63) is 11.6 Å². The molecule has 8 nitrogen and oxygen atoms in total. The van der Waals surface area contributed by atoms with E-state index in [9.17, 15) is 0 Å². The van der Waals surface area contributed by atoms with Gasteiger partial charge in [-0.2, -0.15) is 5.26 Å². The molecule has 0 saturated heterocycles. The molecule has 0 aliphatic carbocycles. The lowest BCUT2D eigenvalue weighted by atomic mass is 10.1. The van der Waals surface area contributed by atoms with Crippen LogP contribution in [0.1, 0.15) is 6.42 Å². The van der Waals surface area contributed by atoms with E-state index in [-0.39, 0.29) is 0 Å². The third-order valence-electron chi connectivity index (χ3n) is 1.80. The van der Waals surface area contributed by atoms with E-state index in [0.717, 1.165) is 18.5 Å². The molecule has 0 aromatic rings. The van der Waals surface area contributed by atoms with Gasteiger partial charge < -0.3 is 20.4 Å². The van der Waals surface area contributed by atoms with Crippen molar-refractivity contribution in [2.75, 3.05) is 20.2 Å². The highest BCUT2D eigenvalue weighted by molar-refractivity contribution is 6.27. The maximum atomic E-state index is 9.10. The van der Waals surface area contributed by atoms with Gasteiger partial charge in [0.05, 0.1) is 0 Å². The molecule has 0 atom stereocenters. The zero-order valence-corrected chi connectivity index (χ0v) is 9.71. The summed E-state index contributed by atoms with van der Waals surface area (Å²) in [6, 6.07) is 1.99. The minimum absolute atomic E-state index is 0.365. The van der Waals surface area contributed by atoms with Gasteiger partial charge in [-0.25, -0.2) is 9.59 Å². The fourth-order valence-electron chi connectivity index (χ4n) is 1.07. The zero-order valence-electron chi connectivity index (χ0n) is 9.71. The smallest absolute Gasteiger partial charge is 0.414 e. The van der Waals surface area contributed by atoms with Gasteiger partial charge in [-0.05, 0) is 13.0 Å². The van der Waals surface area contributed by atoms with Gasteiger partial charge in [0.2, 0.25) is 0 Å². The van der Waals surface area contributed by atoms with Crippen LogP contribution in [-0.4, -0.2) is 48.1 Å². The van der Waals surface area contributed by atoms with Crippen LogP contribution in [0, 0.1) is 11.3 Å². The predicted molar refractivity (Wildman–Crippen MR) is 60.9 cm³/mol. The molecule has 0 aromatic carbocycles. The number of rotatable bonds is 2. The summed E-state index contributed by atoms with van der Waals surface area (Å²) >= 11 is 0. The van der Waals surface area contributed by atoms with E-state index < -0.39 is 11.9 Å². The highest BCUT2D eigenvalue weighted by Crippen LogP contribution is 2.03. The van der Waals surface area contributed by atoms with Crippen LogP contribution >= 0.6 is 0 Å². The van der Waals surface area contributed by atoms with Crippen LogP contribution < -0.4 is 5.32 Å². The molecule has 18 heavy (non-hydrogen) atoms. The van der Waals surface area contributed by atoms with Crippen LogP contribution in [0.5, 0.6) is 0 Å². The highest BCUT2D eigenvalue weighted by atomic mass is 16.6. The Hall–Kier alpha value is -2.40.